The number of nitrogens with one attached hydrogen (secondary N) is 1. The standard InChI is InChI=1S/C14H12ClN5O/c1-8-7-9(2)20-13(16-8)12(14(21)19-20)18-17-11-5-3-10(15)4-6-11/h3-7H,1-2H3,(H,19,21). The zero-order valence-electron chi connectivity index (χ0n) is 11.5. The molecule has 7 heteroatoms. The van der Waals surface area contributed by atoms with E-state index >= 15 is 0 Å². The fourth-order valence-electron chi connectivity index (χ4n) is 2.04. The van der Waals surface area contributed by atoms with Gasteiger partial charge in [0.25, 0.3) is 5.56 Å². The topological polar surface area (TPSA) is 74.9 Å². The number of H-pyrrole nitrogens is 1. The summed E-state index contributed by atoms with van der Waals surface area (Å²) in [4.78, 5) is 16.3. The van der Waals surface area contributed by atoms with Crippen LogP contribution < -0.4 is 5.56 Å². The third kappa shape index (κ3) is 2.57. The predicted octanol–water partition coefficient (Wildman–Crippen LogP) is 3.71. The smallest absolute Gasteiger partial charge is 0.265 e. The maximum atomic E-state index is 12.0. The average molecular weight is 302 g/mol. The molecule has 3 aromatic rings. The number of hydrogen-bond donors (Lipinski definition) is 1. The van der Waals surface area contributed by atoms with Crippen LogP contribution in [0.4, 0.5) is 11.4 Å². The summed E-state index contributed by atoms with van der Waals surface area (Å²) in [6.45, 7) is 3.75. The van der Waals surface area contributed by atoms with Crippen LogP contribution in [-0.2, 0) is 0 Å². The van der Waals surface area contributed by atoms with Gasteiger partial charge < -0.3 is 0 Å². The lowest BCUT2D eigenvalue weighted by Gasteiger charge is -2.00. The molecule has 2 aromatic heterocycles. The first-order chi connectivity index (χ1) is 10.0. The minimum absolute atomic E-state index is 0.191. The Hall–Kier alpha value is -2.47. The second-order valence-electron chi connectivity index (χ2n) is 4.66. The number of hydrogen-bond acceptors (Lipinski definition) is 4. The summed E-state index contributed by atoms with van der Waals surface area (Å²) in [6, 6.07) is 8.75. The number of fused-ring (bicyclic) bond motifs is 1. The monoisotopic (exact) mass is 301 g/mol. The molecule has 0 saturated carbocycles. The second-order valence-corrected chi connectivity index (χ2v) is 5.10. The zero-order valence-corrected chi connectivity index (χ0v) is 12.2. The number of benzene rings is 1. The minimum atomic E-state index is -0.325. The van der Waals surface area contributed by atoms with Crippen LogP contribution in [-0.4, -0.2) is 14.6 Å². The van der Waals surface area contributed by atoms with Crippen LogP contribution in [0, 0.1) is 13.8 Å². The van der Waals surface area contributed by atoms with E-state index in [1.54, 1.807) is 28.8 Å². The number of azo groups is 1. The van der Waals surface area contributed by atoms with E-state index in [0.29, 0.717) is 16.4 Å². The largest absolute Gasteiger partial charge is 0.294 e. The Balaban J connectivity index is 2.10. The van der Waals surface area contributed by atoms with Crippen molar-refractivity contribution in [3.8, 4) is 0 Å². The van der Waals surface area contributed by atoms with Gasteiger partial charge in [0.1, 0.15) is 0 Å². The lowest BCUT2D eigenvalue weighted by molar-refractivity contribution is 0.871. The van der Waals surface area contributed by atoms with Gasteiger partial charge in [-0.15, -0.1) is 5.11 Å². The summed E-state index contributed by atoms with van der Waals surface area (Å²) in [5, 5.41) is 11.4. The Kier molecular flexibility index (Phi) is 3.31. The van der Waals surface area contributed by atoms with Gasteiger partial charge in [-0.05, 0) is 44.2 Å². The predicted molar refractivity (Wildman–Crippen MR) is 80.9 cm³/mol. The van der Waals surface area contributed by atoms with Crippen LogP contribution in [0.5, 0.6) is 0 Å². The van der Waals surface area contributed by atoms with E-state index in [1.165, 1.54) is 0 Å². The average Bonchev–Trinajstić information content (AvgIpc) is 2.75. The van der Waals surface area contributed by atoms with Crippen molar-refractivity contribution in [3.05, 3.63) is 57.1 Å². The molecule has 2 heterocycles. The summed E-state index contributed by atoms with van der Waals surface area (Å²) < 4.78 is 1.60. The summed E-state index contributed by atoms with van der Waals surface area (Å²) in [7, 11) is 0. The van der Waals surface area contributed by atoms with Crippen LogP contribution in [0.25, 0.3) is 5.65 Å². The highest BCUT2D eigenvalue weighted by molar-refractivity contribution is 6.30. The molecule has 0 aliphatic heterocycles. The summed E-state index contributed by atoms with van der Waals surface area (Å²) in [5.41, 5.74) is 2.64. The van der Waals surface area contributed by atoms with Crippen molar-refractivity contribution in [1.82, 2.24) is 14.6 Å². The highest BCUT2D eigenvalue weighted by Crippen LogP contribution is 2.21. The van der Waals surface area contributed by atoms with Gasteiger partial charge in [0.15, 0.2) is 11.3 Å². The second kappa shape index (κ2) is 5.14. The first kappa shape index (κ1) is 13.5. The van der Waals surface area contributed by atoms with Crippen molar-refractivity contribution in [1.29, 1.82) is 0 Å². The number of aromatic amines is 1. The number of nitrogens with zero attached hydrogens (tertiary/aromatic N) is 4. The summed E-state index contributed by atoms with van der Waals surface area (Å²) >= 11 is 5.81. The molecule has 21 heavy (non-hydrogen) atoms. The number of halogens is 1. The first-order valence-corrected chi connectivity index (χ1v) is 6.69. The number of aryl methyl sites for hydroxylation is 2. The normalized spacial score (nSPS) is 11.6. The Labute approximate surface area is 125 Å². The van der Waals surface area contributed by atoms with Crippen LogP contribution in [0.2, 0.25) is 5.02 Å². The molecule has 6 nitrogen and oxygen atoms in total. The Bertz CT molecular complexity index is 892. The molecule has 106 valence electrons. The third-order valence-corrected chi connectivity index (χ3v) is 3.25. The molecule has 3 rings (SSSR count). The van der Waals surface area contributed by atoms with Gasteiger partial charge in [-0.3, -0.25) is 9.89 Å². The van der Waals surface area contributed by atoms with Crippen LogP contribution in [0.3, 0.4) is 0 Å². The summed E-state index contributed by atoms with van der Waals surface area (Å²) in [5.74, 6) is 0. The van der Waals surface area contributed by atoms with Gasteiger partial charge >= 0.3 is 0 Å². The van der Waals surface area contributed by atoms with Crippen molar-refractivity contribution in [2.45, 2.75) is 13.8 Å². The maximum absolute atomic E-state index is 12.0. The van der Waals surface area contributed by atoms with Crippen molar-refractivity contribution in [2.24, 2.45) is 10.2 Å². The summed E-state index contributed by atoms with van der Waals surface area (Å²) in [6.07, 6.45) is 0. The quantitative estimate of drug-likeness (QED) is 0.733. The van der Waals surface area contributed by atoms with Crippen LogP contribution in [0.15, 0.2) is 45.4 Å². The van der Waals surface area contributed by atoms with E-state index in [2.05, 4.69) is 20.3 Å². The highest BCUT2D eigenvalue weighted by Gasteiger charge is 2.11. The van der Waals surface area contributed by atoms with Gasteiger partial charge in [-0.2, -0.15) is 5.11 Å². The van der Waals surface area contributed by atoms with Crippen molar-refractivity contribution in [3.63, 3.8) is 0 Å². The Morgan fingerprint density at radius 1 is 1.19 bits per heavy atom. The van der Waals surface area contributed by atoms with Crippen LogP contribution in [0.1, 0.15) is 11.4 Å². The fourth-order valence-corrected chi connectivity index (χ4v) is 2.17. The molecule has 1 N–H and O–H groups in total. The van der Waals surface area contributed by atoms with E-state index in [4.69, 9.17) is 11.6 Å². The molecule has 0 radical (unpaired) electrons. The number of aromatic nitrogens is 3. The van der Waals surface area contributed by atoms with E-state index in [9.17, 15) is 4.79 Å². The molecule has 0 fully saturated rings. The lowest BCUT2D eigenvalue weighted by atomic mass is 10.3. The molecular weight excluding hydrogens is 290 g/mol. The Morgan fingerprint density at radius 2 is 1.90 bits per heavy atom. The molecule has 0 aliphatic rings. The van der Waals surface area contributed by atoms with Gasteiger partial charge in [-0.25, -0.2) is 9.50 Å². The molecule has 1 aromatic carbocycles. The zero-order chi connectivity index (χ0) is 15.0. The van der Waals surface area contributed by atoms with Gasteiger partial charge in [0, 0.05) is 16.4 Å². The molecule has 0 spiro atoms. The minimum Gasteiger partial charge on any atom is -0.265 e. The molecule has 0 saturated heterocycles. The van der Waals surface area contributed by atoms with E-state index in [-0.39, 0.29) is 11.2 Å². The highest BCUT2D eigenvalue weighted by atomic mass is 35.5. The third-order valence-electron chi connectivity index (χ3n) is 3.00. The van der Waals surface area contributed by atoms with Crippen molar-refractivity contribution in [2.75, 3.05) is 0 Å². The maximum Gasteiger partial charge on any atom is 0.294 e. The van der Waals surface area contributed by atoms with Gasteiger partial charge in [0.05, 0.1) is 5.69 Å². The van der Waals surface area contributed by atoms with Crippen molar-refractivity contribution >= 4 is 28.6 Å². The fraction of sp³-hybridized carbons (Fsp3) is 0.143. The molecule has 0 unspecified atom stereocenters. The van der Waals surface area contributed by atoms with E-state index in [0.717, 1.165) is 11.4 Å². The lowest BCUT2D eigenvalue weighted by Crippen LogP contribution is -2.02. The molecular formula is C14H12ClN5O. The number of rotatable bonds is 2. The van der Waals surface area contributed by atoms with E-state index in [1.807, 2.05) is 19.9 Å². The van der Waals surface area contributed by atoms with Gasteiger partial charge in [-0.1, -0.05) is 11.6 Å². The SMILES string of the molecule is Cc1cc(C)n2[nH]c(=O)c(N=Nc3ccc(Cl)cc3)c2n1. The first-order valence-electron chi connectivity index (χ1n) is 6.31. The van der Waals surface area contributed by atoms with Gasteiger partial charge in [0.2, 0.25) is 0 Å². The molecule has 0 atom stereocenters. The van der Waals surface area contributed by atoms with Crippen LogP contribution >= 0.6 is 11.6 Å². The van der Waals surface area contributed by atoms with E-state index < -0.39 is 0 Å². The molecule has 0 amide bonds. The Morgan fingerprint density at radius 3 is 2.62 bits per heavy atom. The molecule has 0 bridgehead atoms. The molecule has 0 aliphatic carbocycles. The van der Waals surface area contributed by atoms with Crippen molar-refractivity contribution < 1.29 is 0 Å².